The lowest BCUT2D eigenvalue weighted by molar-refractivity contribution is -0.174. The van der Waals surface area contributed by atoms with Gasteiger partial charge >= 0.3 is 0 Å². The quantitative estimate of drug-likeness (QED) is 0.783. The van der Waals surface area contributed by atoms with Gasteiger partial charge in [-0.25, -0.2) is 0 Å². The summed E-state index contributed by atoms with van der Waals surface area (Å²) in [6, 6.07) is 8.04. The van der Waals surface area contributed by atoms with Crippen molar-refractivity contribution in [2.75, 3.05) is 6.61 Å². The van der Waals surface area contributed by atoms with Crippen LogP contribution in [0.1, 0.15) is 48.8 Å². The predicted molar refractivity (Wildman–Crippen MR) is 81.0 cm³/mol. The van der Waals surface area contributed by atoms with Crippen molar-refractivity contribution < 1.29 is 19.7 Å². The van der Waals surface area contributed by atoms with Gasteiger partial charge < -0.3 is 20.7 Å². The van der Waals surface area contributed by atoms with Gasteiger partial charge in [0.1, 0.15) is 12.2 Å². The van der Waals surface area contributed by atoms with E-state index >= 15 is 0 Å². The van der Waals surface area contributed by atoms with Gasteiger partial charge in [0, 0.05) is 0 Å². The van der Waals surface area contributed by atoms with Gasteiger partial charge in [-0.1, -0.05) is 37.1 Å². The average molecular weight is 305 g/mol. The summed E-state index contributed by atoms with van der Waals surface area (Å²) >= 11 is 0. The van der Waals surface area contributed by atoms with E-state index in [9.17, 15) is 15.0 Å². The molecule has 1 amide bonds. The van der Waals surface area contributed by atoms with Crippen LogP contribution in [0.5, 0.6) is 0 Å². The topological polar surface area (TPSA) is 92.8 Å². The highest BCUT2D eigenvalue weighted by atomic mass is 16.5. The fraction of sp³-hybridized carbons (Fsp3) is 0.588. The van der Waals surface area contributed by atoms with Crippen molar-refractivity contribution in [1.29, 1.82) is 0 Å². The molecular formula is C17H23NO4. The molecule has 2 fully saturated rings. The van der Waals surface area contributed by atoms with Crippen LogP contribution in [0.25, 0.3) is 0 Å². The first-order valence-electron chi connectivity index (χ1n) is 7.95. The van der Waals surface area contributed by atoms with Crippen LogP contribution >= 0.6 is 0 Å². The Hall–Kier alpha value is -1.43. The van der Waals surface area contributed by atoms with Crippen molar-refractivity contribution in [2.24, 2.45) is 11.7 Å². The standard InChI is InChI=1S/C17H23NO4/c18-17(21)13-9-22-16(15(20)14(13)19)12-7-5-11(6-8-12)10-3-1-2-4-10/h5-8,10,13-16,19-20H,1-4,9H2,(H2,18,21)/t13-,14+,15+,16+/m0/s1. The number of hydrogen-bond acceptors (Lipinski definition) is 4. The molecule has 0 unspecified atom stereocenters. The van der Waals surface area contributed by atoms with E-state index < -0.39 is 30.1 Å². The van der Waals surface area contributed by atoms with Crippen molar-refractivity contribution in [2.45, 2.75) is 49.9 Å². The maximum Gasteiger partial charge on any atom is 0.225 e. The Balaban J connectivity index is 1.72. The van der Waals surface area contributed by atoms with Gasteiger partial charge in [-0.3, -0.25) is 4.79 Å². The normalized spacial score (nSPS) is 33.0. The summed E-state index contributed by atoms with van der Waals surface area (Å²) in [5.41, 5.74) is 7.34. The highest BCUT2D eigenvalue weighted by molar-refractivity contribution is 5.77. The third-order valence-corrected chi connectivity index (χ3v) is 4.98. The zero-order chi connectivity index (χ0) is 15.7. The van der Waals surface area contributed by atoms with Gasteiger partial charge in [-0.2, -0.15) is 0 Å². The minimum atomic E-state index is -1.19. The van der Waals surface area contributed by atoms with E-state index in [1.807, 2.05) is 12.1 Å². The lowest BCUT2D eigenvalue weighted by Crippen LogP contribution is -2.50. The molecule has 0 bridgehead atoms. The lowest BCUT2D eigenvalue weighted by Gasteiger charge is -2.36. The van der Waals surface area contributed by atoms with E-state index in [0.717, 1.165) is 5.56 Å². The predicted octanol–water partition coefficient (Wildman–Crippen LogP) is 1.24. The number of nitrogens with two attached hydrogens (primary N) is 1. The Kier molecular flexibility index (Phi) is 4.47. The highest BCUT2D eigenvalue weighted by Crippen LogP contribution is 2.36. The van der Waals surface area contributed by atoms with Gasteiger partial charge in [-0.15, -0.1) is 0 Å². The fourth-order valence-electron chi connectivity index (χ4n) is 3.58. The van der Waals surface area contributed by atoms with Gasteiger partial charge in [-0.05, 0) is 29.9 Å². The number of carbonyl (C=O) groups excluding carboxylic acids is 1. The third kappa shape index (κ3) is 2.89. The Morgan fingerprint density at radius 1 is 1.05 bits per heavy atom. The molecule has 1 saturated carbocycles. The molecule has 1 aromatic carbocycles. The minimum Gasteiger partial charge on any atom is -0.389 e. The van der Waals surface area contributed by atoms with Crippen LogP contribution in [0.2, 0.25) is 0 Å². The number of hydrogen-bond donors (Lipinski definition) is 3. The number of amides is 1. The molecule has 2 aliphatic rings. The van der Waals surface area contributed by atoms with Crippen LogP contribution in [0.4, 0.5) is 0 Å². The van der Waals surface area contributed by atoms with E-state index in [1.54, 1.807) is 0 Å². The van der Waals surface area contributed by atoms with Crippen molar-refractivity contribution >= 4 is 5.91 Å². The molecule has 1 aliphatic carbocycles. The van der Waals surface area contributed by atoms with E-state index in [1.165, 1.54) is 31.2 Å². The number of carbonyl (C=O) groups is 1. The molecule has 4 atom stereocenters. The molecule has 5 heteroatoms. The summed E-state index contributed by atoms with van der Waals surface area (Å²) in [4.78, 5) is 11.2. The van der Waals surface area contributed by atoms with E-state index in [4.69, 9.17) is 10.5 Å². The number of aliphatic hydroxyl groups is 2. The number of aliphatic hydroxyl groups excluding tert-OH is 2. The van der Waals surface area contributed by atoms with Crippen LogP contribution in [-0.2, 0) is 9.53 Å². The second kappa shape index (κ2) is 6.36. The smallest absolute Gasteiger partial charge is 0.225 e. The van der Waals surface area contributed by atoms with Crippen LogP contribution in [0, 0.1) is 5.92 Å². The molecule has 22 heavy (non-hydrogen) atoms. The molecule has 120 valence electrons. The number of primary amides is 1. The number of rotatable bonds is 3. The van der Waals surface area contributed by atoms with E-state index in [2.05, 4.69) is 12.1 Å². The molecule has 0 spiro atoms. The van der Waals surface area contributed by atoms with Gasteiger partial charge in [0.15, 0.2) is 0 Å². The first kappa shape index (κ1) is 15.5. The van der Waals surface area contributed by atoms with Crippen molar-refractivity contribution in [3.63, 3.8) is 0 Å². The van der Waals surface area contributed by atoms with Gasteiger partial charge in [0.25, 0.3) is 0 Å². The highest BCUT2D eigenvalue weighted by Gasteiger charge is 2.41. The summed E-state index contributed by atoms with van der Waals surface area (Å²) in [7, 11) is 0. The Bertz CT molecular complexity index is 524. The van der Waals surface area contributed by atoms with E-state index in [0.29, 0.717) is 5.92 Å². The maximum atomic E-state index is 11.2. The zero-order valence-electron chi connectivity index (χ0n) is 12.5. The Morgan fingerprint density at radius 3 is 2.23 bits per heavy atom. The molecule has 5 nitrogen and oxygen atoms in total. The second-order valence-corrected chi connectivity index (χ2v) is 6.39. The van der Waals surface area contributed by atoms with Crippen molar-refractivity contribution in [3.05, 3.63) is 35.4 Å². The van der Waals surface area contributed by atoms with Crippen LogP contribution in [-0.4, -0.2) is 34.9 Å². The Labute approximate surface area is 130 Å². The molecule has 1 heterocycles. The number of benzene rings is 1. The molecule has 3 rings (SSSR count). The molecule has 1 aromatic rings. The zero-order valence-corrected chi connectivity index (χ0v) is 12.5. The SMILES string of the molecule is NC(=O)[C@H]1CO[C@H](c2ccc(C3CCCC3)cc2)[C@H](O)[C@@H]1O. The van der Waals surface area contributed by atoms with Crippen molar-refractivity contribution in [1.82, 2.24) is 0 Å². The molecule has 0 aromatic heterocycles. The van der Waals surface area contributed by atoms with Gasteiger partial charge in [0.05, 0.1) is 18.6 Å². The molecule has 4 N–H and O–H groups in total. The monoisotopic (exact) mass is 305 g/mol. The first-order valence-corrected chi connectivity index (χ1v) is 7.95. The van der Waals surface area contributed by atoms with Crippen molar-refractivity contribution in [3.8, 4) is 0 Å². The largest absolute Gasteiger partial charge is 0.389 e. The second-order valence-electron chi connectivity index (χ2n) is 6.39. The summed E-state index contributed by atoms with van der Waals surface area (Å²) in [5, 5.41) is 20.2. The van der Waals surface area contributed by atoms with Crippen LogP contribution in [0.15, 0.2) is 24.3 Å². The summed E-state index contributed by atoms with van der Waals surface area (Å²) in [6.45, 7) is 0.0304. The van der Waals surface area contributed by atoms with Crippen LogP contribution in [0.3, 0.4) is 0 Å². The third-order valence-electron chi connectivity index (χ3n) is 4.98. The molecule has 1 aliphatic heterocycles. The fourth-order valence-corrected chi connectivity index (χ4v) is 3.58. The summed E-state index contributed by atoms with van der Waals surface area (Å²) in [6.07, 6.45) is 2.09. The molecule has 0 radical (unpaired) electrons. The number of ether oxygens (including phenoxy) is 1. The Morgan fingerprint density at radius 2 is 1.64 bits per heavy atom. The molecular weight excluding hydrogens is 282 g/mol. The lowest BCUT2D eigenvalue weighted by atomic mass is 9.88. The maximum absolute atomic E-state index is 11.2. The van der Waals surface area contributed by atoms with Gasteiger partial charge in [0.2, 0.25) is 5.91 Å². The average Bonchev–Trinajstić information content (AvgIpc) is 3.04. The van der Waals surface area contributed by atoms with Crippen LogP contribution < -0.4 is 5.73 Å². The summed E-state index contributed by atoms with van der Waals surface area (Å²) in [5.74, 6) is -0.873. The van der Waals surface area contributed by atoms with E-state index in [-0.39, 0.29) is 6.61 Å². The summed E-state index contributed by atoms with van der Waals surface area (Å²) < 4.78 is 5.58. The first-order chi connectivity index (χ1) is 10.6. The minimum absolute atomic E-state index is 0.0304. The molecule has 1 saturated heterocycles.